The fourth-order valence-electron chi connectivity index (χ4n) is 0.713. The molecule has 0 bridgehead atoms. The SMILES string of the molecule is CCCCC(C)(C)[Si](Cl)Cl. The topological polar surface area (TPSA) is 0 Å². The first-order chi connectivity index (χ1) is 4.50. The summed E-state index contributed by atoms with van der Waals surface area (Å²) < 4.78 is 0. The van der Waals surface area contributed by atoms with Crippen LogP contribution in [0.5, 0.6) is 0 Å². The monoisotopic (exact) mass is 197 g/mol. The van der Waals surface area contributed by atoms with Gasteiger partial charge in [-0.1, -0.05) is 33.6 Å². The molecule has 0 amide bonds. The van der Waals surface area contributed by atoms with Crippen LogP contribution in [0.15, 0.2) is 0 Å². The Bertz CT molecular complexity index is 91.6. The molecule has 0 fully saturated rings. The van der Waals surface area contributed by atoms with Crippen molar-refractivity contribution in [2.75, 3.05) is 0 Å². The fraction of sp³-hybridized carbons (Fsp3) is 1.00. The molecular weight excluding hydrogens is 183 g/mol. The van der Waals surface area contributed by atoms with Crippen molar-refractivity contribution in [2.24, 2.45) is 0 Å². The molecule has 0 aliphatic rings. The molecule has 10 heavy (non-hydrogen) atoms. The van der Waals surface area contributed by atoms with E-state index < -0.39 is 7.42 Å². The molecule has 0 aromatic rings. The summed E-state index contributed by atoms with van der Waals surface area (Å²) in [6, 6.07) is 0. The van der Waals surface area contributed by atoms with E-state index in [0.29, 0.717) is 0 Å². The average Bonchev–Trinajstić information content (AvgIpc) is 1.84. The predicted molar refractivity (Wildman–Crippen MR) is 51.0 cm³/mol. The van der Waals surface area contributed by atoms with Crippen LogP contribution < -0.4 is 0 Å². The first-order valence-corrected chi connectivity index (χ1v) is 7.21. The lowest BCUT2D eigenvalue weighted by Gasteiger charge is -2.23. The summed E-state index contributed by atoms with van der Waals surface area (Å²) in [5, 5.41) is 0.184. The maximum Gasteiger partial charge on any atom is 0.279 e. The number of hydrogen-bond acceptors (Lipinski definition) is 0. The highest BCUT2D eigenvalue weighted by atomic mass is 35.7. The van der Waals surface area contributed by atoms with Gasteiger partial charge in [-0.2, -0.15) is 0 Å². The highest BCUT2D eigenvalue weighted by Gasteiger charge is 2.28. The Kier molecular flexibility index (Phi) is 5.00. The molecular formula is C7H15Cl2Si. The van der Waals surface area contributed by atoms with Crippen molar-refractivity contribution in [1.82, 2.24) is 0 Å². The third kappa shape index (κ3) is 3.84. The summed E-state index contributed by atoms with van der Waals surface area (Å²) in [4.78, 5) is 0. The zero-order valence-electron chi connectivity index (χ0n) is 6.88. The van der Waals surface area contributed by atoms with Crippen LogP contribution in [0.25, 0.3) is 0 Å². The van der Waals surface area contributed by atoms with E-state index in [1.165, 1.54) is 12.8 Å². The van der Waals surface area contributed by atoms with Crippen LogP contribution in [-0.4, -0.2) is 7.42 Å². The van der Waals surface area contributed by atoms with Crippen molar-refractivity contribution in [3.63, 3.8) is 0 Å². The zero-order chi connectivity index (χ0) is 8.20. The minimum Gasteiger partial charge on any atom is -0.146 e. The van der Waals surface area contributed by atoms with Crippen LogP contribution >= 0.6 is 22.2 Å². The van der Waals surface area contributed by atoms with Crippen molar-refractivity contribution in [1.29, 1.82) is 0 Å². The minimum atomic E-state index is -1.14. The maximum absolute atomic E-state index is 5.87. The van der Waals surface area contributed by atoms with E-state index in [4.69, 9.17) is 22.2 Å². The minimum absolute atomic E-state index is 0.184. The van der Waals surface area contributed by atoms with Gasteiger partial charge in [-0.3, -0.25) is 0 Å². The molecule has 0 aromatic carbocycles. The molecule has 0 saturated carbocycles. The largest absolute Gasteiger partial charge is 0.279 e. The smallest absolute Gasteiger partial charge is 0.146 e. The molecule has 0 unspecified atom stereocenters. The fourth-order valence-corrected chi connectivity index (χ4v) is 1.65. The number of unbranched alkanes of at least 4 members (excludes halogenated alkanes) is 1. The summed E-state index contributed by atoms with van der Waals surface area (Å²) >= 11 is 11.7. The van der Waals surface area contributed by atoms with Crippen molar-refractivity contribution in [2.45, 2.75) is 45.1 Å². The van der Waals surface area contributed by atoms with Crippen LogP contribution in [0.2, 0.25) is 5.04 Å². The summed E-state index contributed by atoms with van der Waals surface area (Å²) in [5.41, 5.74) is 0. The van der Waals surface area contributed by atoms with Gasteiger partial charge in [-0.05, 0) is 11.5 Å². The Hall–Kier alpha value is 0.797. The summed E-state index contributed by atoms with van der Waals surface area (Å²) in [6.45, 7) is 6.48. The molecule has 0 spiro atoms. The Morgan fingerprint density at radius 1 is 1.30 bits per heavy atom. The third-order valence-electron chi connectivity index (χ3n) is 1.67. The second-order valence-electron chi connectivity index (χ2n) is 3.25. The quantitative estimate of drug-likeness (QED) is 0.474. The zero-order valence-corrected chi connectivity index (χ0v) is 9.39. The van der Waals surface area contributed by atoms with Crippen LogP contribution in [0.4, 0.5) is 0 Å². The van der Waals surface area contributed by atoms with E-state index in [2.05, 4.69) is 20.8 Å². The summed E-state index contributed by atoms with van der Waals surface area (Å²) in [7, 11) is -1.14. The van der Waals surface area contributed by atoms with Gasteiger partial charge in [-0.25, -0.2) is 0 Å². The normalized spacial score (nSPS) is 12.6. The van der Waals surface area contributed by atoms with E-state index >= 15 is 0 Å². The molecule has 0 heterocycles. The molecule has 0 aliphatic heterocycles. The van der Waals surface area contributed by atoms with Gasteiger partial charge in [0.25, 0.3) is 7.42 Å². The van der Waals surface area contributed by atoms with Crippen LogP contribution in [0.1, 0.15) is 40.0 Å². The Morgan fingerprint density at radius 2 is 1.80 bits per heavy atom. The molecule has 0 aromatic heterocycles. The van der Waals surface area contributed by atoms with Gasteiger partial charge in [-0.15, -0.1) is 22.2 Å². The average molecular weight is 198 g/mol. The summed E-state index contributed by atoms with van der Waals surface area (Å²) in [6.07, 6.45) is 3.62. The molecule has 0 atom stereocenters. The molecule has 1 radical (unpaired) electrons. The van der Waals surface area contributed by atoms with E-state index in [-0.39, 0.29) is 5.04 Å². The van der Waals surface area contributed by atoms with Gasteiger partial charge >= 0.3 is 0 Å². The molecule has 0 aliphatic carbocycles. The molecule has 0 saturated heterocycles. The lowest BCUT2D eigenvalue weighted by atomic mass is 10.1. The van der Waals surface area contributed by atoms with E-state index in [1.54, 1.807) is 0 Å². The standard InChI is InChI=1S/C7H15Cl2Si/c1-4-5-6-7(2,3)10(8)9/h4-6H2,1-3H3. The van der Waals surface area contributed by atoms with Crippen molar-refractivity contribution in [3.05, 3.63) is 0 Å². The van der Waals surface area contributed by atoms with Gasteiger partial charge in [0.05, 0.1) is 0 Å². The van der Waals surface area contributed by atoms with Crippen molar-refractivity contribution < 1.29 is 0 Å². The van der Waals surface area contributed by atoms with E-state index in [9.17, 15) is 0 Å². The van der Waals surface area contributed by atoms with Crippen molar-refractivity contribution >= 4 is 29.6 Å². The van der Waals surface area contributed by atoms with Gasteiger partial charge in [0.2, 0.25) is 0 Å². The highest BCUT2D eigenvalue weighted by molar-refractivity contribution is 7.35. The third-order valence-corrected chi connectivity index (χ3v) is 6.01. The highest BCUT2D eigenvalue weighted by Crippen LogP contribution is 2.37. The van der Waals surface area contributed by atoms with E-state index in [0.717, 1.165) is 6.42 Å². The van der Waals surface area contributed by atoms with E-state index in [1.807, 2.05) is 0 Å². The Balaban J connectivity index is 3.63. The van der Waals surface area contributed by atoms with Gasteiger partial charge in [0, 0.05) is 0 Å². The lowest BCUT2D eigenvalue weighted by molar-refractivity contribution is 0.567. The van der Waals surface area contributed by atoms with Crippen LogP contribution in [0, 0.1) is 0 Å². The Labute approximate surface area is 74.9 Å². The van der Waals surface area contributed by atoms with Gasteiger partial charge in [0.1, 0.15) is 0 Å². The second kappa shape index (κ2) is 4.63. The van der Waals surface area contributed by atoms with Gasteiger partial charge < -0.3 is 0 Å². The summed E-state index contributed by atoms with van der Waals surface area (Å²) in [5.74, 6) is 0. The number of halogens is 2. The molecule has 0 N–H and O–H groups in total. The van der Waals surface area contributed by atoms with Crippen molar-refractivity contribution in [3.8, 4) is 0 Å². The van der Waals surface area contributed by atoms with Gasteiger partial charge in [0.15, 0.2) is 0 Å². The molecule has 3 heteroatoms. The second-order valence-corrected chi connectivity index (χ2v) is 7.97. The van der Waals surface area contributed by atoms with Crippen LogP contribution in [-0.2, 0) is 0 Å². The number of hydrogen-bond donors (Lipinski definition) is 0. The first kappa shape index (κ1) is 10.8. The molecule has 0 rings (SSSR count). The molecule has 61 valence electrons. The molecule has 0 nitrogen and oxygen atoms in total. The van der Waals surface area contributed by atoms with Crippen LogP contribution in [0.3, 0.4) is 0 Å². The number of rotatable bonds is 4. The predicted octanol–water partition coefficient (Wildman–Crippen LogP) is 3.92. The lowest BCUT2D eigenvalue weighted by Crippen LogP contribution is -2.16. The first-order valence-electron chi connectivity index (χ1n) is 3.69. The Morgan fingerprint density at radius 3 is 2.10 bits per heavy atom. The maximum atomic E-state index is 5.87.